The van der Waals surface area contributed by atoms with Crippen LogP contribution in [0, 0.1) is 13.8 Å². The molecule has 0 spiro atoms. The monoisotopic (exact) mass is 255 g/mol. The van der Waals surface area contributed by atoms with Gasteiger partial charge in [-0.1, -0.05) is 24.3 Å². The van der Waals surface area contributed by atoms with E-state index in [1.165, 1.54) is 27.8 Å². The molecule has 0 unspecified atom stereocenters. The molecule has 0 aliphatic heterocycles. The number of methoxy groups -OCH3 is 1. The summed E-state index contributed by atoms with van der Waals surface area (Å²) in [6, 6.07) is 12.9. The SMILES string of the molecule is CNCc1ccc(-c2ccc(OC)cc2C)c(C)c1. The highest BCUT2D eigenvalue weighted by Gasteiger charge is 2.07. The molecule has 19 heavy (non-hydrogen) atoms. The van der Waals surface area contributed by atoms with Crippen molar-refractivity contribution in [2.45, 2.75) is 20.4 Å². The van der Waals surface area contributed by atoms with Crippen molar-refractivity contribution in [2.75, 3.05) is 14.2 Å². The Kier molecular flexibility index (Phi) is 4.23. The van der Waals surface area contributed by atoms with Crippen molar-refractivity contribution in [3.63, 3.8) is 0 Å². The smallest absolute Gasteiger partial charge is 0.119 e. The van der Waals surface area contributed by atoms with Crippen molar-refractivity contribution in [2.24, 2.45) is 0 Å². The maximum atomic E-state index is 5.26. The van der Waals surface area contributed by atoms with E-state index < -0.39 is 0 Å². The minimum atomic E-state index is 0.905. The Morgan fingerprint density at radius 1 is 0.947 bits per heavy atom. The molecular weight excluding hydrogens is 234 g/mol. The highest BCUT2D eigenvalue weighted by molar-refractivity contribution is 5.71. The Labute approximate surface area is 115 Å². The minimum Gasteiger partial charge on any atom is -0.497 e. The molecule has 0 aliphatic carbocycles. The van der Waals surface area contributed by atoms with Crippen LogP contribution in [0.1, 0.15) is 16.7 Å². The van der Waals surface area contributed by atoms with E-state index in [0.717, 1.165) is 12.3 Å². The summed E-state index contributed by atoms with van der Waals surface area (Å²) in [7, 11) is 3.67. The summed E-state index contributed by atoms with van der Waals surface area (Å²) in [6.07, 6.45) is 0. The second-order valence-electron chi connectivity index (χ2n) is 4.86. The topological polar surface area (TPSA) is 21.3 Å². The normalized spacial score (nSPS) is 10.5. The van der Waals surface area contributed by atoms with Crippen molar-refractivity contribution < 1.29 is 4.74 Å². The number of nitrogens with one attached hydrogen (secondary N) is 1. The number of hydrogen-bond donors (Lipinski definition) is 1. The first-order valence-electron chi connectivity index (χ1n) is 6.55. The van der Waals surface area contributed by atoms with Crippen molar-refractivity contribution in [1.29, 1.82) is 0 Å². The van der Waals surface area contributed by atoms with E-state index in [1.54, 1.807) is 7.11 Å². The zero-order valence-electron chi connectivity index (χ0n) is 12.1. The zero-order valence-corrected chi connectivity index (χ0v) is 12.1. The zero-order chi connectivity index (χ0) is 13.8. The summed E-state index contributed by atoms with van der Waals surface area (Å²) in [4.78, 5) is 0. The third-order valence-corrected chi connectivity index (χ3v) is 3.40. The molecule has 0 saturated heterocycles. The Hall–Kier alpha value is -1.80. The fourth-order valence-electron chi connectivity index (χ4n) is 2.41. The summed E-state index contributed by atoms with van der Waals surface area (Å²) < 4.78 is 5.26. The Morgan fingerprint density at radius 2 is 1.58 bits per heavy atom. The summed E-state index contributed by atoms with van der Waals surface area (Å²) in [5.74, 6) is 0.908. The fraction of sp³-hybridized carbons (Fsp3) is 0.294. The number of ether oxygens (including phenoxy) is 1. The van der Waals surface area contributed by atoms with Crippen LogP contribution in [0.3, 0.4) is 0 Å². The van der Waals surface area contributed by atoms with Crippen LogP contribution >= 0.6 is 0 Å². The van der Waals surface area contributed by atoms with Crippen LogP contribution in [0.25, 0.3) is 11.1 Å². The van der Waals surface area contributed by atoms with Crippen molar-refractivity contribution in [3.05, 3.63) is 53.1 Å². The van der Waals surface area contributed by atoms with Gasteiger partial charge in [0, 0.05) is 6.54 Å². The lowest BCUT2D eigenvalue weighted by Crippen LogP contribution is -2.05. The average molecular weight is 255 g/mol. The van der Waals surface area contributed by atoms with Gasteiger partial charge in [-0.25, -0.2) is 0 Å². The number of benzene rings is 2. The van der Waals surface area contributed by atoms with Gasteiger partial charge in [0.05, 0.1) is 7.11 Å². The van der Waals surface area contributed by atoms with Crippen molar-refractivity contribution in [1.82, 2.24) is 5.32 Å². The Balaban J connectivity index is 2.41. The standard InChI is InChI=1S/C17H21NO/c1-12-9-14(11-18-3)5-7-16(12)17-8-6-15(19-4)10-13(17)2/h5-10,18H,11H2,1-4H3. The first kappa shape index (κ1) is 13.6. The molecule has 100 valence electrons. The molecule has 2 rings (SSSR count). The van der Waals surface area contributed by atoms with E-state index in [0.29, 0.717) is 0 Å². The molecule has 0 heterocycles. The highest BCUT2D eigenvalue weighted by Crippen LogP contribution is 2.29. The number of aryl methyl sites for hydroxylation is 2. The number of hydrogen-bond acceptors (Lipinski definition) is 2. The van der Waals surface area contributed by atoms with Gasteiger partial charge in [-0.3, -0.25) is 0 Å². The van der Waals surface area contributed by atoms with Gasteiger partial charge >= 0.3 is 0 Å². The molecule has 0 aliphatic rings. The summed E-state index contributed by atoms with van der Waals surface area (Å²) in [5, 5.41) is 3.18. The molecular formula is C17H21NO. The fourth-order valence-corrected chi connectivity index (χ4v) is 2.41. The molecule has 0 saturated carbocycles. The lowest BCUT2D eigenvalue weighted by molar-refractivity contribution is 0.414. The third kappa shape index (κ3) is 2.96. The molecule has 2 nitrogen and oxygen atoms in total. The summed E-state index contributed by atoms with van der Waals surface area (Å²) in [6.45, 7) is 5.19. The second kappa shape index (κ2) is 5.89. The molecule has 0 atom stereocenters. The van der Waals surface area contributed by atoms with E-state index in [2.05, 4.69) is 49.5 Å². The molecule has 2 aromatic carbocycles. The molecule has 0 radical (unpaired) electrons. The van der Waals surface area contributed by atoms with Gasteiger partial charge in [0.2, 0.25) is 0 Å². The molecule has 0 aromatic heterocycles. The first-order chi connectivity index (χ1) is 9.15. The van der Waals surface area contributed by atoms with Crippen LogP contribution in [0.5, 0.6) is 5.75 Å². The van der Waals surface area contributed by atoms with Gasteiger partial charge < -0.3 is 10.1 Å². The first-order valence-corrected chi connectivity index (χ1v) is 6.55. The van der Waals surface area contributed by atoms with E-state index in [4.69, 9.17) is 4.74 Å². The summed E-state index contributed by atoms with van der Waals surface area (Å²) in [5.41, 5.74) is 6.43. The van der Waals surface area contributed by atoms with Crippen molar-refractivity contribution >= 4 is 0 Å². The summed E-state index contributed by atoms with van der Waals surface area (Å²) >= 11 is 0. The molecule has 0 bridgehead atoms. The predicted octanol–water partition coefficient (Wildman–Crippen LogP) is 3.70. The molecule has 0 amide bonds. The van der Waals surface area contributed by atoms with Crippen LogP contribution in [-0.4, -0.2) is 14.2 Å². The second-order valence-corrected chi connectivity index (χ2v) is 4.86. The molecule has 2 heteroatoms. The third-order valence-electron chi connectivity index (χ3n) is 3.40. The van der Waals surface area contributed by atoms with Gasteiger partial charge in [0.1, 0.15) is 5.75 Å². The predicted molar refractivity (Wildman–Crippen MR) is 80.7 cm³/mol. The quantitative estimate of drug-likeness (QED) is 0.899. The average Bonchev–Trinajstić information content (AvgIpc) is 2.40. The lowest BCUT2D eigenvalue weighted by Gasteiger charge is -2.12. The van der Waals surface area contributed by atoms with Crippen LogP contribution in [0.15, 0.2) is 36.4 Å². The van der Waals surface area contributed by atoms with Gasteiger partial charge in [-0.05, 0) is 60.8 Å². The molecule has 1 N–H and O–H groups in total. The van der Waals surface area contributed by atoms with Gasteiger partial charge in [-0.15, -0.1) is 0 Å². The van der Waals surface area contributed by atoms with E-state index in [9.17, 15) is 0 Å². The van der Waals surface area contributed by atoms with Gasteiger partial charge in [-0.2, -0.15) is 0 Å². The van der Waals surface area contributed by atoms with Crippen molar-refractivity contribution in [3.8, 4) is 16.9 Å². The molecule has 0 fully saturated rings. The maximum Gasteiger partial charge on any atom is 0.119 e. The van der Waals surface area contributed by atoms with E-state index >= 15 is 0 Å². The van der Waals surface area contributed by atoms with Gasteiger partial charge in [0.15, 0.2) is 0 Å². The largest absolute Gasteiger partial charge is 0.497 e. The Morgan fingerprint density at radius 3 is 2.11 bits per heavy atom. The van der Waals surface area contributed by atoms with Crippen LogP contribution in [0.4, 0.5) is 0 Å². The Bertz CT molecular complexity index is 575. The van der Waals surface area contributed by atoms with Gasteiger partial charge in [0.25, 0.3) is 0 Å². The maximum absolute atomic E-state index is 5.26. The van der Waals surface area contributed by atoms with Crippen LogP contribution in [0.2, 0.25) is 0 Å². The highest BCUT2D eigenvalue weighted by atomic mass is 16.5. The van der Waals surface area contributed by atoms with Crippen LogP contribution < -0.4 is 10.1 Å². The minimum absolute atomic E-state index is 0.905. The van der Waals surface area contributed by atoms with Crippen LogP contribution in [-0.2, 0) is 6.54 Å². The lowest BCUT2D eigenvalue weighted by atomic mass is 9.95. The molecule has 2 aromatic rings. The van der Waals surface area contributed by atoms with E-state index in [1.807, 2.05) is 13.1 Å². The van der Waals surface area contributed by atoms with E-state index in [-0.39, 0.29) is 0 Å². The number of rotatable bonds is 4.